The summed E-state index contributed by atoms with van der Waals surface area (Å²) in [6.45, 7) is 11.0. The van der Waals surface area contributed by atoms with Crippen molar-refractivity contribution >= 4 is 0 Å². The molecule has 1 unspecified atom stereocenters. The fourth-order valence-electron chi connectivity index (χ4n) is 4.48. The van der Waals surface area contributed by atoms with Crippen LogP contribution in [-0.2, 0) is 0 Å². The third-order valence-corrected chi connectivity index (χ3v) is 6.03. The highest BCUT2D eigenvalue weighted by Crippen LogP contribution is 2.37. The number of unbranched alkanes of at least 4 members (excludes halogenated alkanes) is 7. The summed E-state index contributed by atoms with van der Waals surface area (Å²) in [7, 11) is 4.46. The van der Waals surface area contributed by atoms with Gasteiger partial charge in [0.2, 0.25) is 0 Å². The zero-order valence-corrected chi connectivity index (χ0v) is 17.6. The number of hydrogen-bond donors (Lipinski definition) is 0. The first-order valence-electron chi connectivity index (χ1n) is 11.0. The van der Waals surface area contributed by atoms with E-state index in [0.717, 1.165) is 6.04 Å². The Bertz CT molecular complexity index is 294. The van der Waals surface area contributed by atoms with Crippen LogP contribution in [0.3, 0.4) is 0 Å². The molecule has 0 aromatic rings. The van der Waals surface area contributed by atoms with E-state index in [2.05, 4.69) is 44.7 Å². The lowest BCUT2D eigenvalue weighted by molar-refractivity contribution is -0.0528. The second-order valence-corrected chi connectivity index (χ2v) is 8.70. The Kier molecular flexibility index (Phi) is 11.3. The van der Waals surface area contributed by atoms with E-state index < -0.39 is 0 Å². The van der Waals surface area contributed by atoms with Crippen molar-refractivity contribution in [3.8, 4) is 0 Å². The SMILES string of the molecule is CCCCCCCC(CCCCCC)N1CC(CC)(CN(C)C)C1. The van der Waals surface area contributed by atoms with E-state index in [4.69, 9.17) is 0 Å². The van der Waals surface area contributed by atoms with Crippen LogP contribution in [0.15, 0.2) is 0 Å². The maximum Gasteiger partial charge on any atom is 0.00957 e. The summed E-state index contributed by atoms with van der Waals surface area (Å²) in [4.78, 5) is 5.22. The van der Waals surface area contributed by atoms with Gasteiger partial charge in [-0.25, -0.2) is 0 Å². The van der Waals surface area contributed by atoms with E-state index in [-0.39, 0.29) is 0 Å². The topological polar surface area (TPSA) is 6.48 Å². The average Bonchev–Trinajstić information content (AvgIpc) is 2.52. The molecule has 24 heavy (non-hydrogen) atoms. The molecule has 0 spiro atoms. The molecule has 1 aliphatic rings. The highest BCUT2D eigenvalue weighted by Gasteiger charge is 2.43. The number of nitrogens with zero attached hydrogens (tertiary/aromatic N) is 2. The van der Waals surface area contributed by atoms with Crippen molar-refractivity contribution in [1.82, 2.24) is 9.80 Å². The van der Waals surface area contributed by atoms with Crippen molar-refractivity contribution in [2.45, 2.75) is 104 Å². The van der Waals surface area contributed by atoms with Crippen LogP contribution in [0.25, 0.3) is 0 Å². The van der Waals surface area contributed by atoms with Crippen molar-refractivity contribution < 1.29 is 0 Å². The minimum Gasteiger partial charge on any atom is -0.309 e. The lowest BCUT2D eigenvalue weighted by Crippen LogP contribution is -2.62. The van der Waals surface area contributed by atoms with Crippen LogP contribution in [0.2, 0.25) is 0 Å². The first-order valence-corrected chi connectivity index (χ1v) is 11.0. The first-order chi connectivity index (χ1) is 11.6. The van der Waals surface area contributed by atoms with Gasteiger partial charge in [0.05, 0.1) is 0 Å². The highest BCUT2D eigenvalue weighted by atomic mass is 15.3. The van der Waals surface area contributed by atoms with Gasteiger partial charge in [-0.15, -0.1) is 0 Å². The van der Waals surface area contributed by atoms with Crippen molar-refractivity contribution in [2.24, 2.45) is 5.41 Å². The van der Waals surface area contributed by atoms with Gasteiger partial charge < -0.3 is 4.90 Å². The van der Waals surface area contributed by atoms with Crippen LogP contribution < -0.4 is 0 Å². The molecule has 1 atom stereocenters. The molecule has 2 heteroatoms. The lowest BCUT2D eigenvalue weighted by Gasteiger charge is -2.54. The summed E-state index contributed by atoms with van der Waals surface area (Å²) in [6.07, 6.45) is 17.0. The van der Waals surface area contributed by atoms with E-state index in [1.807, 2.05) is 0 Å². The van der Waals surface area contributed by atoms with E-state index in [9.17, 15) is 0 Å². The number of rotatable bonds is 15. The summed E-state index contributed by atoms with van der Waals surface area (Å²) in [5.41, 5.74) is 0.577. The first kappa shape index (κ1) is 22.0. The van der Waals surface area contributed by atoms with Crippen molar-refractivity contribution in [3.63, 3.8) is 0 Å². The summed E-state index contributed by atoms with van der Waals surface area (Å²) >= 11 is 0. The van der Waals surface area contributed by atoms with Crippen LogP contribution in [0, 0.1) is 5.41 Å². The summed E-state index contributed by atoms with van der Waals surface area (Å²) in [6, 6.07) is 0.866. The molecule has 144 valence electrons. The van der Waals surface area contributed by atoms with Crippen molar-refractivity contribution in [1.29, 1.82) is 0 Å². The fraction of sp³-hybridized carbons (Fsp3) is 1.00. The van der Waals surface area contributed by atoms with Gasteiger partial charge >= 0.3 is 0 Å². The van der Waals surface area contributed by atoms with Gasteiger partial charge in [0.15, 0.2) is 0 Å². The van der Waals surface area contributed by atoms with E-state index in [0.29, 0.717) is 5.41 Å². The molecule has 0 radical (unpaired) electrons. The van der Waals surface area contributed by atoms with Gasteiger partial charge in [-0.05, 0) is 33.4 Å². The van der Waals surface area contributed by atoms with Gasteiger partial charge in [-0.2, -0.15) is 0 Å². The van der Waals surface area contributed by atoms with Gasteiger partial charge in [-0.1, -0.05) is 78.6 Å². The Hall–Kier alpha value is -0.0800. The zero-order chi connectivity index (χ0) is 17.8. The third kappa shape index (κ3) is 7.87. The second-order valence-electron chi connectivity index (χ2n) is 8.70. The Morgan fingerprint density at radius 1 is 0.792 bits per heavy atom. The molecule has 0 saturated carbocycles. The molecule has 1 fully saturated rings. The Morgan fingerprint density at radius 2 is 1.29 bits per heavy atom. The van der Waals surface area contributed by atoms with Crippen LogP contribution >= 0.6 is 0 Å². The van der Waals surface area contributed by atoms with Gasteiger partial charge in [0.25, 0.3) is 0 Å². The molecule has 1 heterocycles. The average molecular weight is 339 g/mol. The Morgan fingerprint density at radius 3 is 1.75 bits per heavy atom. The van der Waals surface area contributed by atoms with Gasteiger partial charge in [0, 0.05) is 31.1 Å². The Labute approximate surface area is 153 Å². The molecule has 2 nitrogen and oxygen atoms in total. The molecule has 0 N–H and O–H groups in total. The van der Waals surface area contributed by atoms with Gasteiger partial charge in [0.1, 0.15) is 0 Å². The largest absolute Gasteiger partial charge is 0.309 e. The molecule has 1 rings (SSSR count). The third-order valence-electron chi connectivity index (χ3n) is 6.03. The minimum absolute atomic E-state index is 0.577. The van der Waals surface area contributed by atoms with E-state index in [1.54, 1.807) is 0 Å². The summed E-state index contributed by atoms with van der Waals surface area (Å²) < 4.78 is 0. The predicted octanol–water partition coefficient (Wildman–Crippen LogP) is 5.96. The van der Waals surface area contributed by atoms with Crippen LogP contribution in [0.1, 0.15) is 97.8 Å². The van der Waals surface area contributed by atoms with Gasteiger partial charge in [-0.3, -0.25) is 4.90 Å². The molecule has 0 aromatic carbocycles. The molecular weight excluding hydrogens is 292 g/mol. The molecule has 1 saturated heterocycles. The molecule has 0 amide bonds. The van der Waals surface area contributed by atoms with E-state index >= 15 is 0 Å². The fourth-order valence-corrected chi connectivity index (χ4v) is 4.48. The Balaban J connectivity index is 2.40. The monoisotopic (exact) mass is 338 g/mol. The molecule has 0 bridgehead atoms. The normalized spacial score (nSPS) is 18.8. The van der Waals surface area contributed by atoms with Crippen molar-refractivity contribution in [3.05, 3.63) is 0 Å². The maximum atomic E-state index is 2.83. The quantitative estimate of drug-likeness (QED) is 0.340. The lowest BCUT2D eigenvalue weighted by atomic mass is 9.75. The standard InChI is InChI=1S/C22H46N2/c1-6-9-11-13-15-17-21(16-14-12-10-7-2)24-19-22(8-3,20-24)18-23(4)5/h21H,6-20H2,1-5H3. The van der Waals surface area contributed by atoms with Crippen molar-refractivity contribution in [2.75, 3.05) is 33.7 Å². The summed E-state index contributed by atoms with van der Waals surface area (Å²) in [5, 5.41) is 0. The van der Waals surface area contributed by atoms with Crippen LogP contribution in [0.4, 0.5) is 0 Å². The second kappa shape index (κ2) is 12.3. The molecular formula is C22H46N2. The molecule has 0 aromatic heterocycles. The highest BCUT2D eigenvalue weighted by molar-refractivity contribution is 4.98. The maximum absolute atomic E-state index is 2.83. The van der Waals surface area contributed by atoms with Crippen LogP contribution in [0.5, 0.6) is 0 Å². The minimum atomic E-state index is 0.577. The predicted molar refractivity (Wildman–Crippen MR) is 109 cm³/mol. The number of likely N-dealkylation sites (tertiary alicyclic amines) is 1. The number of hydrogen-bond acceptors (Lipinski definition) is 2. The van der Waals surface area contributed by atoms with Crippen LogP contribution in [-0.4, -0.2) is 49.6 Å². The summed E-state index contributed by atoms with van der Waals surface area (Å²) in [5.74, 6) is 0. The smallest absolute Gasteiger partial charge is 0.00957 e. The zero-order valence-electron chi connectivity index (χ0n) is 17.6. The molecule has 1 aliphatic heterocycles. The molecule has 0 aliphatic carbocycles. The van der Waals surface area contributed by atoms with E-state index in [1.165, 1.54) is 96.7 Å².